The number of fused-ring (bicyclic) bond motifs is 1. The molecule has 160 valence electrons. The zero-order valence-electron chi connectivity index (χ0n) is 15.6. The first kappa shape index (κ1) is 21.0. The van der Waals surface area contributed by atoms with Crippen molar-refractivity contribution in [3.63, 3.8) is 0 Å². The van der Waals surface area contributed by atoms with Crippen molar-refractivity contribution in [3.05, 3.63) is 83.7 Å². The average Bonchev–Trinajstić information content (AvgIpc) is 3.21. The van der Waals surface area contributed by atoms with Crippen LogP contribution in [-0.4, -0.2) is 9.97 Å². The highest BCUT2D eigenvalue weighted by molar-refractivity contribution is 8.00. The van der Waals surface area contributed by atoms with Gasteiger partial charge < -0.3 is 14.4 Å². The van der Waals surface area contributed by atoms with Crippen molar-refractivity contribution >= 4 is 28.7 Å². The van der Waals surface area contributed by atoms with Crippen LogP contribution in [0.3, 0.4) is 0 Å². The van der Waals surface area contributed by atoms with Gasteiger partial charge in [-0.25, -0.2) is 13.8 Å². The Bertz CT molecular complexity index is 1210. The predicted molar refractivity (Wildman–Crippen MR) is 108 cm³/mol. The van der Waals surface area contributed by atoms with E-state index in [-0.39, 0.29) is 17.9 Å². The van der Waals surface area contributed by atoms with Gasteiger partial charge in [-0.15, -0.1) is 0 Å². The summed E-state index contributed by atoms with van der Waals surface area (Å²) >= 11 is 0.904. The van der Waals surface area contributed by atoms with Crippen molar-refractivity contribution in [1.29, 1.82) is 0 Å². The lowest BCUT2D eigenvalue weighted by Crippen LogP contribution is -2.05. The molecule has 0 fully saturated rings. The van der Waals surface area contributed by atoms with Crippen molar-refractivity contribution in [1.82, 2.24) is 9.97 Å². The molecule has 0 saturated heterocycles. The molecule has 4 nitrogen and oxygen atoms in total. The molecule has 0 spiro atoms. The van der Waals surface area contributed by atoms with Gasteiger partial charge in [0.2, 0.25) is 0 Å². The Balaban J connectivity index is 1.45. The maximum Gasteiger partial charge on any atom is 0.416 e. The van der Waals surface area contributed by atoms with Crippen molar-refractivity contribution < 1.29 is 26.7 Å². The van der Waals surface area contributed by atoms with Crippen LogP contribution in [0.25, 0.3) is 11.0 Å². The summed E-state index contributed by atoms with van der Waals surface area (Å²) in [4.78, 5) is 7.51. The fraction of sp³-hybridized carbons (Fsp3) is 0.0952. The molecule has 0 amide bonds. The Morgan fingerprint density at radius 3 is 2.55 bits per heavy atom. The van der Waals surface area contributed by atoms with Crippen LogP contribution in [0.1, 0.15) is 11.1 Å². The molecule has 0 aliphatic carbocycles. The van der Waals surface area contributed by atoms with Crippen LogP contribution < -0.4 is 9.46 Å². The van der Waals surface area contributed by atoms with Crippen LogP contribution in [0.15, 0.2) is 65.8 Å². The first-order chi connectivity index (χ1) is 14.8. The summed E-state index contributed by atoms with van der Waals surface area (Å²) in [5.74, 6) is -1.28. The topological polar surface area (TPSA) is 49.9 Å². The van der Waals surface area contributed by atoms with Crippen LogP contribution in [0.2, 0.25) is 0 Å². The minimum atomic E-state index is -4.43. The molecule has 10 heteroatoms. The molecule has 0 saturated carbocycles. The summed E-state index contributed by atoms with van der Waals surface area (Å²) in [6.07, 6.45) is -1.28. The van der Waals surface area contributed by atoms with Crippen molar-refractivity contribution in [2.24, 2.45) is 0 Å². The van der Waals surface area contributed by atoms with Gasteiger partial charge in [-0.2, -0.15) is 13.2 Å². The maximum atomic E-state index is 14.8. The van der Waals surface area contributed by atoms with Gasteiger partial charge in [-0.3, -0.25) is 0 Å². The lowest BCUT2D eigenvalue weighted by atomic mass is 10.2. The number of nitrogens with zero attached hydrogens (tertiary/aromatic N) is 1. The number of pyridine rings is 1. The van der Waals surface area contributed by atoms with Gasteiger partial charge >= 0.3 is 6.18 Å². The minimum Gasteiger partial charge on any atom is -0.487 e. The van der Waals surface area contributed by atoms with E-state index in [4.69, 9.17) is 4.74 Å². The minimum absolute atomic E-state index is 0.0240. The van der Waals surface area contributed by atoms with Crippen LogP contribution >= 0.6 is 11.9 Å². The zero-order chi connectivity index (χ0) is 22.0. The summed E-state index contributed by atoms with van der Waals surface area (Å²) in [6, 6.07) is 10.2. The standard InChI is InChI=1S/C21H14F5N3OS/c22-17-5-6-18(29-31-15-3-1-13(2-4-15)21(24,25)26)19(23)16(17)11-30-14-9-12-7-8-27-20(12)28-10-14/h1-10,29H,11H2,(H,27,28). The van der Waals surface area contributed by atoms with Crippen LogP contribution in [0, 0.1) is 11.6 Å². The highest BCUT2D eigenvalue weighted by Crippen LogP contribution is 2.32. The Morgan fingerprint density at radius 1 is 1.03 bits per heavy atom. The van der Waals surface area contributed by atoms with Crippen molar-refractivity contribution in [2.75, 3.05) is 4.72 Å². The van der Waals surface area contributed by atoms with Gasteiger partial charge in [0.1, 0.15) is 23.8 Å². The SMILES string of the molecule is Fc1ccc(NSc2ccc(C(F)(F)F)cc2)c(F)c1COc1cnc2[nH]ccc2c1. The number of aromatic nitrogens is 2. The van der Waals surface area contributed by atoms with Gasteiger partial charge in [0.15, 0.2) is 5.82 Å². The molecule has 0 atom stereocenters. The molecule has 0 radical (unpaired) electrons. The number of halogens is 5. The molecule has 31 heavy (non-hydrogen) atoms. The van der Waals surface area contributed by atoms with E-state index in [0.29, 0.717) is 16.3 Å². The van der Waals surface area contributed by atoms with E-state index in [1.807, 2.05) is 0 Å². The quantitative estimate of drug-likeness (QED) is 0.258. The third kappa shape index (κ3) is 4.74. The van der Waals surface area contributed by atoms with Gasteiger partial charge in [0, 0.05) is 16.5 Å². The number of H-pyrrole nitrogens is 1. The van der Waals surface area contributed by atoms with E-state index in [1.165, 1.54) is 24.4 Å². The molecular formula is C21H14F5N3OS. The third-order valence-corrected chi connectivity index (χ3v) is 5.23. The number of hydrogen-bond acceptors (Lipinski definition) is 4. The van der Waals surface area contributed by atoms with E-state index in [0.717, 1.165) is 35.5 Å². The molecule has 0 unspecified atom stereocenters. The van der Waals surface area contributed by atoms with Crippen LogP contribution in [0.4, 0.5) is 27.6 Å². The summed E-state index contributed by atoms with van der Waals surface area (Å²) in [5, 5.41) is 0.793. The molecule has 4 rings (SSSR count). The Hall–Kier alpha value is -3.27. The molecule has 2 aromatic carbocycles. The number of rotatable bonds is 6. The lowest BCUT2D eigenvalue weighted by molar-refractivity contribution is -0.137. The Labute approximate surface area is 177 Å². The third-order valence-electron chi connectivity index (χ3n) is 4.40. The van der Waals surface area contributed by atoms with Gasteiger partial charge in [-0.05, 0) is 60.5 Å². The lowest BCUT2D eigenvalue weighted by Gasteiger charge is -2.13. The molecule has 2 aromatic heterocycles. The molecule has 2 N–H and O–H groups in total. The smallest absolute Gasteiger partial charge is 0.416 e. The fourth-order valence-electron chi connectivity index (χ4n) is 2.79. The van der Waals surface area contributed by atoms with Gasteiger partial charge in [0.25, 0.3) is 0 Å². The predicted octanol–water partition coefficient (Wildman–Crippen LogP) is 6.56. The first-order valence-corrected chi connectivity index (χ1v) is 9.76. The number of nitrogens with one attached hydrogen (secondary N) is 2. The summed E-state index contributed by atoms with van der Waals surface area (Å²) in [5.41, 5.74) is -0.427. The molecule has 0 aliphatic rings. The molecular weight excluding hydrogens is 437 g/mol. The summed E-state index contributed by atoms with van der Waals surface area (Å²) in [7, 11) is 0. The van der Waals surface area contributed by atoms with Crippen molar-refractivity contribution in [2.45, 2.75) is 17.7 Å². The van der Waals surface area contributed by atoms with Gasteiger partial charge in [-0.1, -0.05) is 0 Å². The Kier molecular flexibility index (Phi) is 5.73. The monoisotopic (exact) mass is 451 g/mol. The van der Waals surface area contributed by atoms with E-state index >= 15 is 0 Å². The van der Waals surface area contributed by atoms with E-state index < -0.39 is 23.4 Å². The maximum absolute atomic E-state index is 14.8. The zero-order valence-corrected chi connectivity index (χ0v) is 16.5. The second-order valence-electron chi connectivity index (χ2n) is 6.49. The molecule has 0 bridgehead atoms. The van der Waals surface area contributed by atoms with E-state index in [9.17, 15) is 22.0 Å². The van der Waals surface area contributed by atoms with Gasteiger partial charge in [0.05, 0.1) is 23.0 Å². The second-order valence-corrected chi connectivity index (χ2v) is 7.37. The number of hydrogen-bond donors (Lipinski definition) is 2. The summed E-state index contributed by atoms with van der Waals surface area (Å²) in [6.45, 7) is -0.365. The van der Waals surface area contributed by atoms with Crippen LogP contribution in [-0.2, 0) is 12.8 Å². The molecule has 0 aliphatic heterocycles. The largest absolute Gasteiger partial charge is 0.487 e. The molecule has 4 aromatic rings. The van der Waals surface area contributed by atoms with E-state index in [1.54, 1.807) is 18.3 Å². The Morgan fingerprint density at radius 2 is 1.81 bits per heavy atom. The normalized spacial score (nSPS) is 11.6. The number of ether oxygens (including phenoxy) is 1. The number of aromatic amines is 1. The van der Waals surface area contributed by atoms with Crippen LogP contribution in [0.5, 0.6) is 5.75 Å². The van der Waals surface area contributed by atoms with E-state index in [2.05, 4.69) is 14.7 Å². The number of benzene rings is 2. The molecule has 2 heterocycles. The highest BCUT2D eigenvalue weighted by Gasteiger charge is 2.30. The highest BCUT2D eigenvalue weighted by atomic mass is 32.2. The second kappa shape index (κ2) is 8.46. The average molecular weight is 451 g/mol. The number of anilines is 1. The number of alkyl halides is 3. The fourth-order valence-corrected chi connectivity index (χ4v) is 3.45. The van der Waals surface area contributed by atoms with Crippen molar-refractivity contribution in [3.8, 4) is 5.75 Å². The summed E-state index contributed by atoms with van der Waals surface area (Å²) < 4.78 is 75.1. The first-order valence-electron chi connectivity index (χ1n) is 8.94.